The summed E-state index contributed by atoms with van der Waals surface area (Å²) in [6.45, 7) is 5.83. The maximum atomic E-state index is 13.1. The van der Waals surface area contributed by atoms with E-state index in [1.165, 1.54) is 4.90 Å². The highest BCUT2D eigenvalue weighted by atomic mass is 16.3. The van der Waals surface area contributed by atoms with E-state index in [2.05, 4.69) is 5.32 Å². The molecule has 11 heteroatoms. The summed E-state index contributed by atoms with van der Waals surface area (Å²) in [5.41, 5.74) is 2.81. The minimum Gasteiger partial charge on any atom is -0.494 e. The lowest BCUT2D eigenvalue weighted by molar-refractivity contribution is -0.125. The van der Waals surface area contributed by atoms with E-state index in [1.54, 1.807) is 13.8 Å². The Balaban J connectivity index is 1.92. The number of carbonyl (C=O) groups excluding carboxylic acids is 2. The second-order valence-electron chi connectivity index (χ2n) is 8.84. The number of aromatic hydroxyl groups is 1. The molecular weight excluding hydrogens is 404 g/mol. The van der Waals surface area contributed by atoms with Gasteiger partial charge in [-0.1, -0.05) is 13.3 Å². The van der Waals surface area contributed by atoms with Crippen LogP contribution in [0.3, 0.4) is 0 Å². The van der Waals surface area contributed by atoms with Crippen molar-refractivity contribution in [2.45, 2.75) is 71.0 Å². The van der Waals surface area contributed by atoms with Gasteiger partial charge in [0.25, 0.3) is 11.5 Å². The van der Waals surface area contributed by atoms with Crippen LogP contribution in [0.1, 0.15) is 64.5 Å². The molecule has 1 saturated heterocycles. The minimum absolute atomic E-state index is 0.00843. The van der Waals surface area contributed by atoms with Crippen molar-refractivity contribution in [1.82, 2.24) is 19.4 Å². The number of imide groups is 1. The number of rotatable bonds is 7. The SMILES string of the molecule is CCCCn1c(O)c(C(=N)N)c(=O)n([C@@H]2CC[C@H](CN3C(=O)NC(=O)C3(C)C)C2)c1=O. The fourth-order valence-corrected chi connectivity index (χ4v) is 4.45. The first-order valence-corrected chi connectivity index (χ1v) is 10.6. The summed E-state index contributed by atoms with van der Waals surface area (Å²) in [5.74, 6) is -1.53. The molecule has 170 valence electrons. The molecule has 0 unspecified atom stereocenters. The van der Waals surface area contributed by atoms with Crippen molar-refractivity contribution in [1.29, 1.82) is 5.41 Å². The highest BCUT2D eigenvalue weighted by Crippen LogP contribution is 2.36. The molecule has 31 heavy (non-hydrogen) atoms. The molecule has 3 amide bonds. The van der Waals surface area contributed by atoms with Crippen molar-refractivity contribution < 1.29 is 14.7 Å². The number of nitrogens with two attached hydrogens (primary N) is 1. The fourth-order valence-electron chi connectivity index (χ4n) is 4.45. The van der Waals surface area contributed by atoms with Crippen LogP contribution in [-0.2, 0) is 11.3 Å². The van der Waals surface area contributed by atoms with Gasteiger partial charge in [-0.2, -0.15) is 0 Å². The number of aromatic nitrogens is 2. The third-order valence-electron chi connectivity index (χ3n) is 6.37. The summed E-state index contributed by atoms with van der Waals surface area (Å²) in [6, 6.07) is -0.887. The Morgan fingerprint density at radius 3 is 2.48 bits per heavy atom. The third-order valence-corrected chi connectivity index (χ3v) is 6.37. The van der Waals surface area contributed by atoms with Crippen LogP contribution in [0.4, 0.5) is 4.79 Å². The molecule has 1 aromatic heterocycles. The summed E-state index contributed by atoms with van der Waals surface area (Å²) >= 11 is 0. The van der Waals surface area contributed by atoms with Crippen molar-refractivity contribution in [3.8, 4) is 5.88 Å². The summed E-state index contributed by atoms with van der Waals surface area (Å²) in [6.07, 6.45) is 3.04. The molecule has 1 aliphatic heterocycles. The number of nitrogens with one attached hydrogen (secondary N) is 2. The van der Waals surface area contributed by atoms with Gasteiger partial charge in [-0.3, -0.25) is 29.4 Å². The van der Waals surface area contributed by atoms with Crippen LogP contribution < -0.4 is 22.3 Å². The first-order valence-electron chi connectivity index (χ1n) is 10.6. The number of nitrogen functional groups attached to an aromatic ring is 1. The summed E-state index contributed by atoms with van der Waals surface area (Å²) in [5, 5.41) is 20.4. The highest BCUT2D eigenvalue weighted by Gasteiger charge is 2.46. The van der Waals surface area contributed by atoms with Gasteiger partial charge in [-0.25, -0.2) is 9.59 Å². The maximum absolute atomic E-state index is 13.1. The number of unbranched alkanes of at least 4 members (excludes halogenated alkanes) is 1. The lowest BCUT2D eigenvalue weighted by atomic mass is 10.0. The lowest BCUT2D eigenvalue weighted by Gasteiger charge is -2.30. The molecule has 0 aromatic carbocycles. The largest absolute Gasteiger partial charge is 0.494 e. The third kappa shape index (κ3) is 3.84. The number of amides is 3. The zero-order valence-electron chi connectivity index (χ0n) is 18.1. The van der Waals surface area contributed by atoms with Crippen LogP contribution >= 0.6 is 0 Å². The molecule has 0 bridgehead atoms. The number of carbonyl (C=O) groups is 2. The van der Waals surface area contributed by atoms with Gasteiger partial charge in [0.2, 0.25) is 5.88 Å². The van der Waals surface area contributed by atoms with Crippen LogP contribution in [-0.4, -0.2) is 49.0 Å². The molecule has 1 aliphatic carbocycles. The van der Waals surface area contributed by atoms with Crippen molar-refractivity contribution in [2.24, 2.45) is 11.7 Å². The second kappa shape index (κ2) is 8.20. The standard InChI is InChI=1S/C20H30N6O5/c1-4-5-8-24-15(27)13(14(21)22)16(28)26(19(24)31)12-7-6-11(9-12)10-25-18(30)23-17(29)20(25,2)3/h11-12,27H,4-10H2,1-3H3,(H3,21,22)(H,23,29,30)/t11-,12+/m0/s1. The predicted molar refractivity (Wildman–Crippen MR) is 113 cm³/mol. The lowest BCUT2D eigenvalue weighted by Crippen LogP contribution is -2.46. The van der Waals surface area contributed by atoms with Crippen molar-refractivity contribution >= 4 is 17.8 Å². The predicted octanol–water partition coefficient (Wildman–Crippen LogP) is 0.471. The van der Waals surface area contributed by atoms with E-state index in [0.29, 0.717) is 32.2 Å². The fraction of sp³-hybridized carbons (Fsp3) is 0.650. The highest BCUT2D eigenvalue weighted by molar-refractivity contribution is 6.06. The van der Waals surface area contributed by atoms with Crippen LogP contribution in [0.5, 0.6) is 5.88 Å². The first kappa shape index (κ1) is 22.6. The zero-order chi connectivity index (χ0) is 23.1. The van der Waals surface area contributed by atoms with Gasteiger partial charge in [0.1, 0.15) is 16.9 Å². The molecule has 2 fully saturated rings. The van der Waals surface area contributed by atoms with E-state index in [4.69, 9.17) is 11.1 Å². The molecule has 11 nitrogen and oxygen atoms in total. The van der Waals surface area contributed by atoms with Gasteiger partial charge in [0, 0.05) is 19.1 Å². The normalized spacial score (nSPS) is 22.7. The number of hydrogen-bond donors (Lipinski definition) is 4. The van der Waals surface area contributed by atoms with Gasteiger partial charge in [-0.15, -0.1) is 0 Å². The Bertz CT molecular complexity index is 1040. The first-order chi connectivity index (χ1) is 14.5. The Morgan fingerprint density at radius 2 is 1.94 bits per heavy atom. The summed E-state index contributed by atoms with van der Waals surface area (Å²) < 4.78 is 2.19. The molecular formula is C20H30N6O5. The van der Waals surface area contributed by atoms with Crippen molar-refractivity contribution in [3.63, 3.8) is 0 Å². The molecule has 1 aromatic rings. The Kier molecular flexibility index (Phi) is 5.97. The molecule has 0 spiro atoms. The van der Waals surface area contributed by atoms with E-state index in [-0.39, 0.29) is 23.9 Å². The Morgan fingerprint density at radius 1 is 1.26 bits per heavy atom. The number of hydrogen-bond acceptors (Lipinski definition) is 6. The van der Waals surface area contributed by atoms with E-state index in [1.807, 2.05) is 6.92 Å². The molecule has 5 N–H and O–H groups in total. The van der Waals surface area contributed by atoms with Crippen LogP contribution in [0.2, 0.25) is 0 Å². The smallest absolute Gasteiger partial charge is 0.334 e. The second-order valence-corrected chi connectivity index (χ2v) is 8.84. The summed E-state index contributed by atoms with van der Waals surface area (Å²) in [4.78, 5) is 51.7. The quantitative estimate of drug-likeness (QED) is 0.277. The zero-order valence-corrected chi connectivity index (χ0v) is 18.1. The van der Waals surface area contributed by atoms with Crippen LogP contribution in [0, 0.1) is 11.3 Å². The number of nitrogens with zero attached hydrogens (tertiary/aromatic N) is 3. The van der Waals surface area contributed by atoms with Crippen molar-refractivity contribution in [2.75, 3.05) is 6.54 Å². The van der Waals surface area contributed by atoms with E-state index >= 15 is 0 Å². The summed E-state index contributed by atoms with van der Waals surface area (Å²) in [7, 11) is 0. The van der Waals surface area contributed by atoms with Gasteiger partial charge >= 0.3 is 11.7 Å². The average molecular weight is 434 g/mol. The Hall–Kier alpha value is -3.11. The molecule has 3 rings (SSSR count). The molecule has 2 atom stereocenters. The topological polar surface area (TPSA) is 164 Å². The van der Waals surface area contributed by atoms with E-state index in [0.717, 1.165) is 15.6 Å². The number of urea groups is 1. The van der Waals surface area contributed by atoms with Gasteiger partial charge in [0.05, 0.1) is 0 Å². The van der Waals surface area contributed by atoms with E-state index in [9.17, 15) is 24.3 Å². The van der Waals surface area contributed by atoms with Gasteiger partial charge in [-0.05, 0) is 45.4 Å². The monoisotopic (exact) mass is 434 g/mol. The minimum atomic E-state index is -0.959. The van der Waals surface area contributed by atoms with Gasteiger partial charge < -0.3 is 15.7 Å². The van der Waals surface area contributed by atoms with E-state index < -0.39 is 40.6 Å². The van der Waals surface area contributed by atoms with Gasteiger partial charge in [0.15, 0.2) is 0 Å². The average Bonchev–Trinajstić information content (AvgIpc) is 3.20. The molecule has 1 saturated carbocycles. The molecule has 2 heterocycles. The maximum Gasteiger partial charge on any atom is 0.334 e. The number of amidine groups is 1. The van der Waals surface area contributed by atoms with Crippen LogP contribution in [0.15, 0.2) is 9.59 Å². The molecule has 2 aliphatic rings. The van der Waals surface area contributed by atoms with Crippen LogP contribution in [0.25, 0.3) is 0 Å². The molecule has 0 radical (unpaired) electrons. The van der Waals surface area contributed by atoms with Crippen molar-refractivity contribution in [3.05, 3.63) is 26.4 Å². The Labute approximate surface area is 179 Å².